The molecule has 6 nitrogen and oxygen atoms in total. The quantitative estimate of drug-likeness (QED) is 0.322. The summed E-state index contributed by atoms with van der Waals surface area (Å²) in [5.74, 6) is -0.866. The molecule has 7 heteroatoms. The Morgan fingerprint density at radius 2 is 1.96 bits per heavy atom. The van der Waals surface area contributed by atoms with E-state index in [1.165, 1.54) is 25.3 Å². The SMILES string of the molecule is COC(=O)c1ccc(C[C@@H](CC=O)c2ccc(Cl)cc2)c([N+](=O)[O-])c1. The predicted molar refractivity (Wildman–Crippen MR) is 93.0 cm³/mol. The zero-order chi connectivity index (χ0) is 18.4. The number of carbonyl (C=O) groups excluding carboxylic acids is 2. The molecule has 0 saturated carbocycles. The summed E-state index contributed by atoms with van der Waals surface area (Å²) < 4.78 is 4.59. The molecule has 0 aromatic heterocycles. The van der Waals surface area contributed by atoms with Crippen molar-refractivity contribution in [3.05, 3.63) is 74.3 Å². The Bertz CT molecular complexity index is 789. The highest BCUT2D eigenvalue weighted by atomic mass is 35.5. The molecule has 0 radical (unpaired) electrons. The van der Waals surface area contributed by atoms with Crippen LogP contribution in [0.3, 0.4) is 0 Å². The standard InChI is InChI=1S/C18H16ClNO5/c1-25-18(22)15-3-2-14(17(11-15)20(23)24)10-13(8-9-21)12-4-6-16(19)7-5-12/h2-7,9,11,13H,8,10H2,1H3/t13-/m1/s1. The van der Waals surface area contributed by atoms with Gasteiger partial charge >= 0.3 is 5.97 Å². The zero-order valence-electron chi connectivity index (χ0n) is 13.5. The topological polar surface area (TPSA) is 86.5 Å². The zero-order valence-corrected chi connectivity index (χ0v) is 14.2. The molecule has 130 valence electrons. The van der Waals surface area contributed by atoms with Gasteiger partial charge in [0.25, 0.3) is 5.69 Å². The summed E-state index contributed by atoms with van der Waals surface area (Å²) in [5.41, 5.74) is 1.24. The fraction of sp³-hybridized carbons (Fsp3) is 0.222. The van der Waals surface area contributed by atoms with Crippen molar-refractivity contribution < 1.29 is 19.2 Å². The molecule has 0 heterocycles. The summed E-state index contributed by atoms with van der Waals surface area (Å²) in [6.07, 6.45) is 1.30. The second-order valence-electron chi connectivity index (χ2n) is 5.45. The minimum atomic E-state index is -0.642. The van der Waals surface area contributed by atoms with E-state index in [4.69, 9.17) is 11.6 Å². The van der Waals surface area contributed by atoms with E-state index in [0.717, 1.165) is 11.8 Å². The molecule has 0 unspecified atom stereocenters. The van der Waals surface area contributed by atoms with Crippen molar-refractivity contribution in [1.82, 2.24) is 0 Å². The largest absolute Gasteiger partial charge is 0.465 e. The number of benzene rings is 2. The molecule has 25 heavy (non-hydrogen) atoms. The first-order valence-corrected chi connectivity index (χ1v) is 7.88. The van der Waals surface area contributed by atoms with Crippen LogP contribution in [0.1, 0.15) is 33.8 Å². The number of nitro groups is 1. The highest BCUT2D eigenvalue weighted by molar-refractivity contribution is 6.30. The molecule has 1 atom stereocenters. The summed E-state index contributed by atoms with van der Waals surface area (Å²) in [6, 6.07) is 11.2. The second-order valence-corrected chi connectivity index (χ2v) is 5.88. The van der Waals surface area contributed by atoms with Crippen molar-refractivity contribution >= 4 is 29.5 Å². The van der Waals surface area contributed by atoms with Crippen LogP contribution in [0.5, 0.6) is 0 Å². The number of hydrogen-bond donors (Lipinski definition) is 0. The van der Waals surface area contributed by atoms with Crippen molar-refractivity contribution in [2.45, 2.75) is 18.8 Å². The van der Waals surface area contributed by atoms with Crippen LogP contribution in [0.25, 0.3) is 0 Å². The Morgan fingerprint density at radius 1 is 1.28 bits per heavy atom. The van der Waals surface area contributed by atoms with E-state index >= 15 is 0 Å². The first-order chi connectivity index (χ1) is 12.0. The predicted octanol–water partition coefficient (Wildman–Crippen LogP) is 3.95. The summed E-state index contributed by atoms with van der Waals surface area (Å²) in [4.78, 5) is 33.4. The minimum Gasteiger partial charge on any atom is -0.465 e. The van der Waals surface area contributed by atoms with E-state index in [9.17, 15) is 19.7 Å². The van der Waals surface area contributed by atoms with Gasteiger partial charge in [-0.25, -0.2) is 4.79 Å². The highest BCUT2D eigenvalue weighted by Gasteiger charge is 2.21. The van der Waals surface area contributed by atoms with Gasteiger partial charge in [0, 0.05) is 23.1 Å². The minimum absolute atomic E-state index is 0.108. The maximum Gasteiger partial charge on any atom is 0.338 e. The van der Waals surface area contributed by atoms with Crippen LogP contribution >= 0.6 is 11.6 Å². The summed E-state index contributed by atoms with van der Waals surface area (Å²) in [7, 11) is 1.21. The van der Waals surface area contributed by atoms with E-state index in [2.05, 4.69) is 4.74 Å². The number of nitrogens with zero attached hydrogens (tertiary/aromatic N) is 1. The van der Waals surface area contributed by atoms with E-state index in [1.54, 1.807) is 24.3 Å². The lowest BCUT2D eigenvalue weighted by Gasteiger charge is -2.15. The molecule has 0 aliphatic carbocycles. The number of nitro benzene ring substituents is 1. The Labute approximate surface area is 149 Å². The number of esters is 1. The van der Waals surface area contributed by atoms with Gasteiger partial charge in [0.2, 0.25) is 0 Å². The number of halogens is 1. The van der Waals surface area contributed by atoms with Gasteiger partial charge in [-0.1, -0.05) is 29.8 Å². The van der Waals surface area contributed by atoms with Crippen molar-refractivity contribution in [2.24, 2.45) is 0 Å². The van der Waals surface area contributed by atoms with E-state index in [1.807, 2.05) is 0 Å². The van der Waals surface area contributed by atoms with Crippen LogP contribution in [-0.4, -0.2) is 24.3 Å². The van der Waals surface area contributed by atoms with Crippen LogP contribution in [0, 0.1) is 10.1 Å². The molecule has 0 aliphatic rings. The van der Waals surface area contributed by atoms with Crippen LogP contribution in [0.2, 0.25) is 5.02 Å². The van der Waals surface area contributed by atoms with Crippen LogP contribution in [0.4, 0.5) is 5.69 Å². The average molecular weight is 362 g/mol. The third-order valence-corrected chi connectivity index (χ3v) is 4.14. The molecular formula is C18H16ClNO5. The first-order valence-electron chi connectivity index (χ1n) is 7.51. The molecule has 2 aromatic rings. The number of methoxy groups -OCH3 is 1. The second kappa shape index (κ2) is 8.39. The summed E-state index contributed by atoms with van der Waals surface area (Å²) >= 11 is 5.88. The Kier molecular flexibility index (Phi) is 6.25. The van der Waals surface area contributed by atoms with Gasteiger partial charge in [-0.15, -0.1) is 0 Å². The molecule has 0 aliphatic heterocycles. The lowest BCUT2D eigenvalue weighted by molar-refractivity contribution is -0.385. The lowest BCUT2D eigenvalue weighted by Crippen LogP contribution is -2.08. The summed E-state index contributed by atoms with van der Waals surface area (Å²) in [6.45, 7) is 0. The molecule has 0 spiro atoms. The van der Waals surface area contributed by atoms with E-state index in [0.29, 0.717) is 10.6 Å². The number of ether oxygens (including phenoxy) is 1. The number of hydrogen-bond acceptors (Lipinski definition) is 5. The maximum atomic E-state index is 11.6. The molecule has 0 amide bonds. The first kappa shape index (κ1) is 18.6. The monoisotopic (exact) mass is 361 g/mol. The van der Waals surface area contributed by atoms with Crippen molar-refractivity contribution in [1.29, 1.82) is 0 Å². The molecule has 0 N–H and O–H groups in total. The van der Waals surface area contributed by atoms with Crippen molar-refractivity contribution in [3.63, 3.8) is 0 Å². The van der Waals surface area contributed by atoms with Crippen LogP contribution in [-0.2, 0) is 16.0 Å². The Balaban J connectivity index is 2.37. The van der Waals surface area contributed by atoms with E-state index < -0.39 is 10.9 Å². The fourth-order valence-electron chi connectivity index (χ4n) is 2.61. The highest BCUT2D eigenvalue weighted by Crippen LogP contribution is 2.30. The van der Waals surface area contributed by atoms with Gasteiger partial charge in [-0.3, -0.25) is 10.1 Å². The Hall–Kier alpha value is -2.73. The number of carbonyl (C=O) groups is 2. The molecule has 0 bridgehead atoms. The van der Waals surface area contributed by atoms with Gasteiger partial charge in [-0.05, 0) is 36.1 Å². The third-order valence-electron chi connectivity index (χ3n) is 3.89. The Morgan fingerprint density at radius 3 is 2.52 bits per heavy atom. The van der Waals surface area contributed by atoms with Gasteiger partial charge in [0.05, 0.1) is 17.6 Å². The normalized spacial score (nSPS) is 11.6. The fourth-order valence-corrected chi connectivity index (χ4v) is 2.73. The average Bonchev–Trinajstić information content (AvgIpc) is 2.61. The number of aldehydes is 1. The molecule has 0 saturated heterocycles. The molecule has 2 rings (SSSR count). The van der Waals surface area contributed by atoms with Crippen molar-refractivity contribution in [2.75, 3.05) is 7.11 Å². The van der Waals surface area contributed by atoms with Crippen molar-refractivity contribution in [3.8, 4) is 0 Å². The molecule has 0 fully saturated rings. The lowest BCUT2D eigenvalue weighted by atomic mass is 9.89. The van der Waals surface area contributed by atoms with Gasteiger partial charge in [-0.2, -0.15) is 0 Å². The summed E-state index contributed by atoms with van der Waals surface area (Å²) in [5, 5.41) is 11.9. The maximum absolute atomic E-state index is 11.6. The third kappa shape index (κ3) is 4.64. The smallest absolute Gasteiger partial charge is 0.338 e. The van der Waals surface area contributed by atoms with Crippen LogP contribution in [0.15, 0.2) is 42.5 Å². The van der Waals surface area contributed by atoms with Crippen LogP contribution < -0.4 is 0 Å². The molecule has 2 aromatic carbocycles. The van der Waals surface area contributed by atoms with Gasteiger partial charge < -0.3 is 9.53 Å². The molecular weight excluding hydrogens is 346 g/mol. The van der Waals surface area contributed by atoms with Gasteiger partial charge in [0.15, 0.2) is 0 Å². The number of rotatable bonds is 7. The van der Waals surface area contributed by atoms with Gasteiger partial charge in [0.1, 0.15) is 6.29 Å². The van der Waals surface area contributed by atoms with E-state index in [-0.39, 0.29) is 30.0 Å².